The maximum atomic E-state index is 12.9. The molecule has 7 heteroatoms. The van der Waals surface area contributed by atoms with Gasteiger partial charge in [0, 0.05) is 31.7 Å². The first-order chi connectivity index (χ1) is 12.0. The number of ether oxygens (including phenoxy) is 2. The summed E-state index contributed by atoms with van der Waals surface area (Å²) in [5.74, 6) is 1.12. The van der Waals surface area contributed by atoms with Crippen molar-refractivity contribution in [3.05, 3.63) is 23.8 Å². The van der Waals surface area contributed by atoms with Gasteiger partial charge in [0.15, 0.2) is 18.1 Å². The monoisotopic (exact) mass is 349 g/mol. The average Bonchev–Trinajstić information content (AvgIpc) is 2.65. The minimum absolute atomic E-state index is 0.0569. The molecule has 2 rings (SSSR count). The van der Waals surface area contributed by atoms with E-state index in [4.69, 9.17) is 15.2 Å². The molecule has 1 aliphatic rings. The van der Waals surface area contributed by atoms with Gasteiger partial charge in [-0.25, -0.2) is 0 Å². The fourth-order valence-electron chi connectivity index (χ4n) is 3.04. The van der Waals surface area contributed by atoms with Crippen molar-refractivity contribution in [1.82, 2.24) is 10.2 Å². The number of benzene rings is 1. The molecular formula is C18H27N3O4. The molecule has 0 aliphatic carbocycles. The molecule has 3 N–H and O–H groups in total. The second kappa shape index (κ2) is 8.71. The Hall–Kier alpha value is -2.28. The van der Waals surface area contributed by atoms with Crippen molar-refractivity contribution in [3.8, 4) is 11.5 Å². The molecule has 138 valence electrons. The molecule has 0 saturated carbocycles. The van der Waals surface area contributed by atoms with E-state index in [-0.39, 0.29) is 24.5 Å². The van der Waals surface area contributed by atoms with Gasteiger partial charge in [-0.05, 0) is 37.0 Å². The van der Waals surface area contributed by atoms with E-state index in [0.717, 1.165) is 12.8 Å². The largest absolute Gasteiger partial charge is 0.493 e. The number of amides is 2. The molecule has 7 nitrogen and oxygen atoms in total. The van der Waals surface area contributed by atoms with Crippen LogP contribution >= 0.6 is 0 Å². The molecule has 1 aromatic carbocycles. The van der Waals surface area contributed by atoms with Crippen LogP contribution in [0.25, 0.3) is 0 Å². The molecule has 0 aromatic heterocycles. The van der Waals surface area contributed by atoms with Gasteiger partial charge in [0.2, 0.25) is 0 Å². The third-order valence-corrected chi connectivity index (χ3v) is 4.56. The van der Waals surface area contributed by atoms with Crippen LogP contribution in [0, 0.1) is 5.92 Å². The number of carbonyl (C=O) groups is 2. The van der Waals surface area contributed by atoms with Gasteiger partial charge < -0.3 is 25.4 Å². The number of hydrogen-bond donors (Lipinski definition) is 2. The lowest BCUT2D eigenvalue weighted by molar-refractivity contribution is -0.122. The molecule has 2 unspecified atom stereocenters. The SMILES string of the molecule is CNC(=O)COc1ccc(C(=O)N2CCC(C)CC2CN)cc1OC. The standard InChI is InChI=1S/C18H27N3O4/c1-12-6-7-21(14(8-12)10-19)18(23)13-4-5-15(16(9-13)24-3)25-11-17(22)20-2/h4-5,9,12,14H,6-8,10-11,19H2,1-3H3,(H,20,22). The highest BCUT2D eigenvalue weighted by Crippen LogP contribution is 2.30. The topological polar surface area (TPSA) is 93.9 Å². The van der Waals surface area contributed by atoms with E-state index in [9.17, 15) is 9.59 Å². The van der Waals surface area contributed by atoms with Gasteiger partial charge in [0.05, 0.1) is 7.11 Å². The number of methoxy groups -OCH3 is 1. The van der Waals surface area contributed by atoms with E-state index in [0.29, 0.717) is 36.1 Å². The third-order valence-electron chi connectivity index (χ3n) is 4.56. The van der Waals surface area contributed by atoms with Crippen molar-refractivity contribution < 1.29 is 19.1 Å². The minimum Gasteiger partial charge on any atom is -0.493 e. The molecule has 0 bridgehead atoms. The van der Waals surface area contributed by atoms with Crippen LogP contribution in [0.3, 0.4) is 0 Å². The van der Waals surface area contributed by atoms with Crippen LogP contribution < -0.4 is 20.5 Å². The average molecular weight is 349 g/mol. The van der Waals surface area contributed by atoms with Crippen molar-refractivity contribution in [3.63, 3.8) is 0 Å². The Morgan fingerprint density at radius 3 is 2.76 bits per heavy atom. The summed E-state index contributed by atoms with van der Waals surface area (Å²) in [5, 5.41) is 2.48. The Kier molecular flexibility index (Phi) is 6.64. The van der Waals surface area contributed by atoms with E-state index >= 15 is 0 Å². The van der Waals surface area contributed by atoms with Gasteiger partial charge in [0.25, 0.3) is 11.8 Å². The Morgan fingerprint density at radius 1 is 1.36 bits per heavy atom. The van der Waals surface area contributed by atoms with Crippen molar-refractivity contribution in [2.75, 3.05) is 33.9 Å². The van der Waals surface area contributed by atoms with Crippen molar-refractivity contribution >= 4 is 11.8 Å². The lowest BCUT2D eigenvalue weighted by atomic mass is 9.92. The zero-order valence-corrected chi connectivity index (χ0v) is 15.1. The fourth-order valence-corrected chi connectivity index (χ4v) is 3.04. The molecule has 25 heavy (non-hydrogen) atoms. The van der Waals surface area contributed by atoms with Crippen molar-refractivity contribution in [2.24, 2.45) is 11.7 Å². The number of nitrogens with one attached hydrogen (secondary N) is 1. The van der Waals surface area contributed by atoms with Crippen LogP contribution in [0.5, 0.6) is 11.5 Å². The predicted molar refractivity (Wildman–Crippen MR) is 94.8 cm³/mol. The number of carbonyl (C=O) groups excluding carboxylic acids is 2. The van der Waals surface area contributed by atoms with E-state index in [1.807, 2.05) is 4.90 Å². The Bertz CT molecular complexity index is 620. The third kappa shape index (κ3) is 4.63. The number of nitrogens with zero attached hydrogens (tertiary/aromatic N) is 1. The van der Waals surface area contributed by atoms with Crippen LogP contribution in [0.2, 0.25) is 0 Å². The highest BCUT2D eigenvalue weighted by atomic mass is 16.5. The Balaban J connectivity index is 2.15. The molecule has 2 atom stereocenters. The Morgan fingerprint density at radius 2 is 2.12 bits per heavy atom. The number of nitrogens with two attached hydrogens (primary N) is 1. The number of likely N-dealkylation sites (tertiary alicyclic amines) is 1. The number of rotatable bonds is 6. The lowest BCUT2D eigenvalue weighted by Crippen LogP contribution is -2.49. The summed E-state index contributed by atoms with van der Waals surface area (Å²) in [7, 11) is 3.04. The van der Waals surface area contributed by atoms with Gasteiger partial charge in [-0.3, -0.25) is 9.59 Å². The number of hydrogen-bond acceptors (Lipinski definition) is 5. The normalized spacial score (nSPS) is 20.1. The summed E-state index contributed by atoms with van der Waals surface area (Å²) in [6, 6.07) is 5.05. The highest BCUT2D eigenvalue weighted by molar-refractivity contribution is 5.95. The first-order valence-corrected chi connectivity index (χ1v) is 8.52. The van der Waals surface area contributed by atoms with Gasteiger partial charge in [0.1, 0.15) is 0 Å². The van der Waals surface area contributed by atoms with E-state index < -0.39 is 0 Å². The molecule has 2 amide bonds. The maximum Gasteiger partial charge on any atom is 0.257 e. The quantitative estimate of drug-likeness (QED) is 0.800. The number of piperidine rings is 1. The van der Waals surface area contributed by atoms with E-state index in [1.54, 1.807) is 18.2 Å². The summed E-state index contributed by atoms with van der Waals surface area (Å²) >= 11 is 0. The molecule has 1 saturated heterocycles. The van der Waals surface area contributed by atoms with Crippen molar-refractivity contribution in [1.29, 1.82) is 0 Å². The summed E-state index contributed by atoms with van der Waals surface area (Å²) in [6.45, 7) is 3.24. The molecule has 1 aliphatic heterocycles. The lowest BCUT2D eigenvalue weighted by Gasteiger charge is -2.38. The second-order valence-corrected chi connectivity index (χ2v) is 6.35. The maximum absolute atomic E-state index is 12.9. The van der Waals surface area contributed by atoms with Crippen molar-refractivity contribution in [2.45, 2.75) is 25.8 Å². The molecule has 1 fully saturated rings. The van der Waals surface area contributed by atoms with Crippen LogP contribution in [0.1, 0.15) is 30.1 Å². The highest BCUT2D eigenvalue weighted by Gasteiger charge is 2.30. The van der Waals surface area contributed by atoms with Gasteiger partial charge in [-0.2, -0.15) is 0 Å². The van der Waals surface area contributed by atoms with E-state index in [1.165, 1.54) is 14.2 Å². The van der Waals surface area contributed by atoms with Gasteiger partial charge in [-0.15, -0.1) is 0 Å². The van der Waals surface area contributed by atoms with Gasteiger partial charge in [-0.1, -0.05) is 6.92 Å². The van der Waals surface area contributed by atoms with Crippen LogP contribution in [-0.4, -0.2) is 56.6 Å². The smallest absolute Gasteiger partial charge is 0.257 e. The van der Waals surface area contributed by atoms with Crippen LogP contribution in [0.4, 0.5) is 0 Å². The zero-order valence-electron chi connectivity index (χ0n) is 15.1. The molecule has 1 aromatic rings. The molecule has 0 radical (unpaired) electrons. The summed E-state index contributed by atoms with van der Waals surface area (Å²) < 4.78 is 10.7. The molecular weight excluding hydrogens is 322 g/mol. The van der Waals surface area contributed by atoms with Crippen LogP contribution in [0.15, 0.2) is 18.2 Å². The second-order valence-electron chi connectivity index (χ2n) is 6.35. The fraction of sp³-hybridized carbons (Fsp3) is 0.556. The first-order valence-electron chi connectivity index (χ1n) is 8.52. The number of likely N-dealkylation sites (N-methyl/N-ethyl adjacent to an activating group) is 1. The van der Waals surface area contributed by atoms with Crippen LogP contribution in [-0.2, 0) is 4.79 Å². The molecule has 1 heterocycles. The van der Waals surface area contributed by atoms with Gasteiger partial charge >= 0.3 is 0 Å². The Labute approximate surface area is 148 Å². The summed E-state index contributed by atoms with van der Waals surface area (Å²) in [4.78, 5) is 26.0. The summed E-state index contributed by atoms with van der Waals surface area (Å²) in [6.07, 6.45) is 1.90. The minimum atomic E-state index is -0.240. The summed E-state index contributed by atoms with van der Waals surface area (Å²) in [5.41, 5.74) is 6.38. The predicted octanol–water partition coefficient (Wildman–Crippen LogP) is 1.02. The van der Waals surface area contributed by atoms with E-state index in [2.05, 4.69) is 12.2 Å². The molecule has 0 spiro atoms. The zero-order chi connectivity index (χ0) is 18.4. The first kappa shape index (κ1) is 19.1.